The molecule has 19 heavy (non-hydrogen) atoms. The van der Waals surface area contributed by atoms with E-state index in [2.05, 4.69) is 0 Å². The Kier molecular flexibility index (Phi) is 2.70. The molecule has 0 atom stereocenters. The van der Waals surface area contributed by atoms with Crippen molar-refractivity contribution in [2.45, 2.75) is 27.2 Å². The number of ketones is 1. The summed E-state index contributed by atoms with van der Waals surface area (Å²) in [6.45, 7) is 6.35. The zero-order valence-corrected chi connectivity index (χ0v) is 11.4. The highest BCUT2D eigenvalue weighted by Gasteiger charge is 2.21. The second kappa shape index (κ2) is 4.26. The second-order valence-corrected chi connectivity index (χ2v) is 4.96. The molecule has 0 N–H and O–H groups in total. The number of rotatable bonds is 2. The van der Waals surface area contributed by atoms with Crippen LogP contribution >= 0.6 is 0 Å². The predicted molar refractivity (Wildman–Crippen MR) is 72.0 cm³/mol. The van der Waals surface area contributed by atoms with E-state index in [-0.39, 0.29) is 5.78 Å². The molecular formula is C16H16O3. The van der Waals surface area contributed by atoms with Gasteiger partial charge >= 0.3 is 0 Å². The van der Waals surface area contributed by atoms with Gasteiger partial charge in [0, 0.05) is 17.5 Å². The lowest BCUT2D eigenvalue weighted by Crippen LogP contribution is -2.04. The summed E-state index contributed by atoms with van der Waals surface area (Å²) in [5.41, 5.74) is 3.44. The number of hydrogen-bond donors (Lipinski definition) is 0. The number of fused-ring (bicyclic) bond motifs is 1. The van der Waals surface area contributed by atoms with E-state index >= 15 is 0 Å². The van der Waals surface area contributed by atoms with Gasteiger partial charge in [-0.3, -0.25) is 4.79 Å². The zero-order valence-electron chi connectivity index (χ0n) is 11.4. The first-order valence-corrected chi connectivity index (χ1v) is 6.45. The monoisotopic (exact) mass is 256 g/mol. The molecule has 3 heteroatoms. The minimum Gasteiger partial charge on any atom is -0.493 e. The molecule has 0 saturated heterocycles. The minimum atomic E-state index is 0.0292. The molecule has 1 aromatic heterocycles. The molecular weight excluding hydrogens is 240 g/mol. The lowest BCUT2D eigenvalue weighted by Gasteiger charge is -2.04. The van der Waals surface area contributed by atoms with Gasteiger partial charge in [0.1, 0.15) is 17.3 Å². The Balaban J connectivity index is 2.05. The van der Waals surface area contributed by atoms with Gasteiger partial charge in [0.05, 0.1) is 12.2 Å². The fourth-order valence-corrected chi connectivity index (χ4v) is 2.60. The third kappa shape index (κ3) is 1.86. The average Bonchev–Trinajstić information content (AvgIpc) is 2.94. The number of aryl methyl sites for hydroxylation is 2. The Morgan fingerprint density at radius 3 is 2.63 bits per heavy atom. The maximum Gasteiger partial charge on any atom is 0.196 e. The Bertz CT molecular complexity index is 665. The average molecular weight is 256 g/mol. The van der Waals surface area contributed by atoms with Crippen molar-refractivity contribution < 1.29 is 13.9 Å². The quantitative estimate of drug-likeness (QED) is 0.773. The van der Waals surface area contributed by atoms with E-state index in [1.807, 2.05) is 39.0 Å². The van der Waals surface area contributed by atoms with Gasteiger partial charge in [0.25, 0.3) is 0 Å². The first-order chi connectivity index (χ1) is 9.08. The van der Waals surface area contributed by atoms with Gasteiger partial charge in [0.2, 0.25) is 0 Å². The van der Waals surface area contributed by atoms with Gasteiger partial charge in [0.15, 0.2) is 5.78 Å². The van der Waals surface area contributed by atoms with E-state index in [1.165, 1.54) is 0 Å². The zero-order chi connectivity index (χ0) is 13.6. The summed E-state index contributed by atoms with van der Waals surface area (Å²) in [6.07, 6.45) is 0.874. The van der Waals surface area contributed by atoms with Crippen LogP contribution in [-0.4, -0.2) is 12.4 Å². The molecule has 0 aliphatic carbocycles. The molecule has 2 heterocycles. The summed E-state index contributed by atoms with van der Waals surface area (Å²) in [5.74, 6) is 2.43. The molecule has 3 nitrogen and oxygen atoms in total. The third-order valence-corrected chi connectivity index (χ3v) is 3.74. The Morgan fingerprint density at radius 1 is 1.16 bits per heavy atom. The van der Waals surface area contributed by atoms with Crippen LogP contribution in [0.3, 0.4) is 0 Å². The molecule has 0 saturated carbocycles. The van der Waals surface area contributed by atoms with Crippen molar-refractivity contribution >= 4 is 5.78 Å². The van der Waals surface area contributed by atoms with Crippen LogP contribution in [0.25, 0.3) is 0 Å². The van der Waals surface area contributed by atoms with Crippen molar-refractivity contribution in [3.63, 3.8) is 0 Å². The minimum absolute atomic E-state index is 0.0292. The molecule has 1 aliphatic heterocycles. The van der Waals surface area contributed by atoms with Crippen molar-refractivity contribution in [3.05, 3.63) is 52.0 Å². The van der Waals surface area contributed by atoms with Crippen LogP contribution in [-0.2, 0) is 6.42 Å². The van der Waals surface area contributed by atoms with Crippen molar-refractivity contribution in [2.75, 3.05) is 6.61 Å². The van der Waals surface area contributed by atoms with E-state index < -0.39 is 0 Å². The Morgan fingerprint density at radius 2 is 1.95 bits per heavy atom. The summed E-state index contributed by atoms with van der Waals surface area (Å²) >= 11 is 0. The molecule has 0 fully saturated rings. The van der Waals surface area contributed by atoms with E-state index in [0.29, 0.717) is 23.5 Å². The van der Waals surface area contributed by atoms with Crippen LogP contribution in [0.5, 0.6) is 5.75 Å². The fourth-order valence-electron chi connectivity index (χ4n) is 2.60. The van der Waals surface area contributed by atoms with Gasteiger partial charge in [-0.25, -0.2) is 0 Å². The van der Waals surface area contributed by atoms with Crippen LogP contribution in [0.1, 0.15) is 38.6 Å². The van der Waals surface area contributed by atoms with E-state index in [0.717, 1.165) is 29.1 Å². The SMILES string of the molecule is Cc1oc(C)c(C(=O)c2ccc3c(c2)CCO3)c1C. The molecule has 0 radical (unpaired) electrons. The van der Waals surface area contributed by atoms with Gasteiger partial charge in [-0.2, -0.15) is 0 Å². The first kappa shape index (κ1) is 12.0. The molecule has 0 amide bonds. The molecule has 2 aromatic rings. The van der Waals surface area contributed by atoms with Crippen LogP contribution in [0.4, 0.5) is 0 Å². The highest BCUT2D eigenvalue weighted by atomic mass is 16.5. The summed E-state index contributed by atoms with van der Waals surface area (Å²) in [4.78, 5) is 12.6. The van der Waals surface area contributed by atoms with Crippen LogP contribution in [0.2, 0.25) is 0 Å². The molecule has 0 bridgehead atoms. The van der Waals surface area contributed by atoms with Crippen LogP contribution in [0, 0.1) is 20.8 Å². The summed E-state index contributed by atoms with van der Waals surface area (Å²) in [5, 5.41) is 0. The smallest absolute Gasteiger partial charge is 0.196 e. The summed E-state index contributed by atoms with van der Waals surface area (Å²) < 4.78 is 11.0. The second-order valence-electron chi connectivity index (χ2n) is 4.96. The van der Waals surface area contributed by atoms with Crippen molar-refractivity contribution in [1.29, 1.82) is 0 Å². The number of benzene rings is 1. The topological polar surface area (TPSA) is 39.4 Å². The Labute approximate surface area is 112 Å². The summed E-state index contributed by atoms with van der Waals surface area (Å²) in [7, 11) is 0. The molecule has 1 aliphatic rings. The van der Waals surface area contributed by atoms with Gasteiger partial charge in [-0.1, -0.05) is 0 Å². The third-order valence-electron chi connectivity index (χ3n) is 3.74. The maximum absolute atomic E-state index is 12.6. The van der Waals surface area contributed by atoms with E-state index in [4.69, 9.17) is 9.15 Å². The van der Waals surface area contributed by atoms with Gasteiger partial charge in [-0.15, -0.1) is 0 Å². The summed E-state index contributed by atoms with van der Waals surface area (Å²) in [6, 6.07) is 5.65. The van der Waals surface area contributed by atoms with Crippen molar-refractivity contribution in [1.82, 2.24) is 0 Å². The van der Waals surface area contributed by atoms with Gasteiger partial charge in [-0.05, 0) is 44.5 Å². The lowest BCUT2D eigenvalue weighted by atomic mass is 9.98. The number of carbonyl (C=O) groups is 1. The largest absolute Gasteiger partial charge is 0.493 e. The predicted octanol–water partition coefficient (Wildman–Crippen LogP) is 3.37. The van der Waals surface area contributed by atoms with Crippen LogP contribution < -0.4 is 4.74 Å². The van der Waals surface area contributed by atoms with Crippen molar-refractivity contribution in [3.8, 4) is 5.75 Å². The van der Waals surface area contributed by atoms with Gasteiger partial charge < -0.3 is 9.15 Å². The van der Waals surface area contributed by atoms with Crippen LogP contribution in [0.15, 0.2) is 22.6 Å². The standard InChI is InChI=1S/C16H16O3/c1-9-10(2)19-11(3)15(9)16(17)13-4-5-14-12(8-13)6-7-18-14/h4-5,8H,6-7H2,1-3H3. The molecule has 1 aromatic carbocycles. The fraction of sp³-hybridized carbons (Fsp3) is 0.312. The molecule has 3 rings (SSSR count). The molecule has 0 spiro atoms. The van der Waals surface area contributed by atoms with E-state index in [9.17, 15) is 4.79 Å². The van der Waals surface area contributed by atoms with E-state index in [1.54, 1.807) is 0 Å². The number of hydrogen-bond acceptors (Lipinski definition) is 3. The maximum atomic E-state index is 12.6. The lowest BCUT2D eigenvalue weighted by molar-refractivity contribution is 0.103. The normalized spacial score (nSPS) is 13.2. The number of carbonyl (C=O) groups excluding carboxylic acids is 1. The molecule has 98 valence electrons. The molecule has 0 unspecified atom stereocenters. The first-order valence-electron chi connectivity index (χ1n) is 6.45. The number of ether oxygens (including phenoxy) is 1. The van der Waals surface area contributed by atoms with Crippen molar-refractivity contribution in [2.24, 2.45) is 0 Å². The highest BCUT2D eigenvalue weighted by molar-refractivity contribution is 6.10. The number of furan rings is 1. The highest BCUT2D eigenvalue weighted by Crippen LogP contribution is 2.29. The Hall–Kier alpha value is -2.03.